The predicted molar refractivity (Wildman–Crippen MR) is 112 cm³/mol. The van der Waals surface area contributed by atoms with Crippen molar-refractivity contribution in [3.63, 3.8) is 0 Å². The molecule has 0 atom stereocenters. The van der Waals surface area contributed by atoms with Crippen LogP contribution in [0.15, 0.2) is 95.7 Å². The van der Waals surface area contributed by atoms with Crippen LogP contribution < -0.4 is 0 Å². The number of rotatable bonds is 0. The van der Waals surface area contributed by atoms with Gasteiger partial charge in [0, 0.05) is 0 Å². The topological polar surface area (TPSA) is 0 Å². The Morgan fingerprint density at radius 3 is 1.32 bits per heavy atom. The van der Waals surface area contributed by atoms with E-state index in [1.54, 1.807) is 11.3 Å². The first-order valence-corrected chi connectivity index (χ1v) is 9.39. The molecule has 25 heavy (non-hydrogen) atoms. The van der Waals surface area contributed by atoms with Gasteiger partial charge in [-0.3, -0.25) is 0 Å². The van der Waals surface area contributed by atoms with E-state index in [1.807, 2.05) is 22.9 Å². The zero-order valence-corrected chi connectivity index (χ0v) is 14.5. The van der Waals surface area contributed by atoms with Crippen molar-refractivity contribution in [2.24, 2.45) is 0 Å². The number of hydrogen-bond donors (Lipinski definition) is 0. The van der Waals surface area contributed by atoms with E-state index in [-0.39, 0.29) is 0 Å². The molecule has 5 aromatic carbocycles. The largest absolute Gasteiger partial charge is 0.152 e. The number of hydrogen-bond acceptors (Lipinski definition) is 1. The van der Waals surface area contributed by atoms with Gasteiger partial charge in [-0.25, -0.2) is 0 Å². The van der Waals surface area contributed by atoms with Gasteiger partial charge in [0.25, 0.3) is 0 Å². The van der Waals surface area contributed by atoms with E-state index in [0.29, 0.717) is 0 Å². The first kappa shape index (κ1) is 14.4. The maximum absolute atomic E-state index is 2.25. The molecule has 6 aromatic rings. The van der Waals surface area contributed by atoms with Crippen LogP contribution >= 0.6 is 11.3 Å². The lowest BCUT2D eigenvalue weighted by Crippen LogP contribution is -1.86. The zero-order chi connectivity index (χ0) is 16.6. The minimum Gasteiger partial charge on any atom is -0.152 e. The number of thiophene rings is 1. The smallest absolute Gasteiger partial charge is 0.00203 e. The maximum atomic E-state index is 2.25. The molecule has 6 rings (SSSR count). The summed E-state index contributed by atoms with van der Waals surface area (Å²) in [6.45, 7) is 0. The highest BCUT2D eigenvalue weighted by atomic mass is 32.1. The molecule has 1 heteroatoms. The van der Waals surface area contributed by atoms with Gasteiger partial charge >= 0.3 is 0 Å². The van der Waals surface area contributed by atoms with Crippen molar-refractivity contribution in [3.05, 3.63) is 95.7 Å². The Bertz CT molecular complexity index is 1170. The van der Waals surface area contributed by atoms with Gasteiger partial charge < -0.3 is 0 Å². The van der Waals surface area contributed by atoms with E-state index in [4.69, 9.17) is 0 Å². The SMILES string of the molecule is c1ccc2c(c1)c1cccc3ccc4cccc2c4c31.c1ccsc1. The molecule has 0 aliphatic carbocycles. The molecule has 0 unspecified atom stereocenters. The fraction of sp³-hybridized carbons (Fsp3) is 0. The van der Waals surface area contributed by atoms with Gasteiger partial charge in [-0.15, -0.1) is 0 Å². The summed E-state index contributed by atoms with van der Waals surface area (Å²) in [7, 11) is 0. The second-order valence-corrected chi connectivity index (χ2v) is 7.03. The normalized spacial score (nSPS) is 11.2. The van der Waals surface area contributed by atoms with Crippen LogP contribution in [-0.2, 0) is 0 Å². The molecule has 0 saturated heterocycles. The van der Waals surface area contributed by atoms with E-state index in [9.17, 15) is 0 Å². The van der Waals surface area contributed by atoms with E-state index in [0.717, 1.165) is 0 Å². The third kappa shape index (κ3) is 2.28. The summed E-state index contributed by atoms with van der Waals surface area (Å²) in [5.41, 5.74) is 0. The van der Waals surface area contributed by atoms with Gasteiger partial charge in [0.15, 0.2) is 0 Å². The molecule has 0 bridgehead atoms. The Morgan fingerprint density at radius 1 is 0.400 bits per heavy atom. The number of benzene rings is 5. The summed E-state index contributed by atoms with van der Waals surface area (Å²) in [5, 5.41) is 15.0. The van der Waals surface area contributed by atoms with Crippen molar-refractivity contribution < 1.29 is 0 Å². The molecule has 118 valence electrons. The first-order valence-electron chi connectivity index (χ1n) is 8.45. The average molecular weight is 336 g/mol. The van der Waals surface area contributed by atoms with Crippen molar-refractivity contribution in [1.82, 2.24) is 0 Å². The van der Waals surface area contributed by atoms with Crippen LogP contribution in [-0.4, -0.2) is 0 Å². The van der Waals surface area contributed by atoms with Gasteiger partial charge in [0.1, 0.15) is 0 Å². The molecule has 0 saturated carbocycles. The highest BCUT2D eigenvalue weighted by molar-refractivity contribution is 7.07. The molecule has 0 N–H and O–H groups in total. The first-order chi connectivity index (χ1) is 12.4. The zero-order valence-electron chi connectivity index (χ0n) is 13.6. The standard InChI is InChI=1S/C20H12.C4H4S/c1-2-8-16-15(7-1)17-9-3-5-13-11-12-14-6-4-10-18(16)20(14)19(13)17;1-2-4-5-3-1/h1-12H;1-4H. The van der Waals surface area contributed by atoms with Crippen LogP contribution in [0.3, 0.4) is 0 Å². The van der Waals surface area contributed by atoms with Gasteiger partial charge in [-0.2, -0.15) is 11.3 Å². The Kier molecular flexibility index (Phi) is 3.39. The Labute approximate surface area is 150 Å². The fourth-order valence-electron chi connectivity index (χ4n) is 3.78. The van der Waals surface area contributed by atoms with Gasteiger partial charge in [-0.05, 0) is 53.8 Å². The quantitative estimate of drug-likeness (QED) is 0.199. The maximum Gasteiger partial charge on any atom is -0.00203 e. The van der Waals surface area contributed by atoms with Crippen molar-refractivity contribution in [2.75, 3.05) is 0 Å². The molecule has 0 nitrogen and oxygen atoms in total. The van der Waals surface area contributed by atoms with Crippen molar-refractivity contribution in [2.45, 2.75) is 0 Å². The number of fused-ring (bicyclic) bond motifs is 3. The lowest BCUT2D eigenvalue weighted by Gasteiger charge is -2.14. The second-order valence-electron chi connectivity index (χ2n) is 6.21. The van der Waals surface area contributed by atoms with Gasteiger partial charge in [-0.1, -0.05) is 84.9 Å². The minimum absolute atomic E-state index is 1.33. The Morgan fingerprint density at radius 2 is 0.880 bits per heavy atom. The lowest BCUT2D eigenvalue weighted by molar-refractivity contribution is 1.78. The second kappa shape index (κ2) is 5.87. The monoisotopic (exact) mass is 336 g/mol. The van der Waals surface area contributed by atoms with Crippen LogP contribution in [0, 0.1) is 0 Å². The highest BCUT2D eigenvalue weighted by Crippen LogP contribution is 2.40. The summed E-state index contributed by atoms with van der Waals surface area (Å²) >= 11 is 1.71. The fourth-order valence-corrected chi connectivity index (χ4v) is 4.24. The molecule has 0 radical (unpaired) electrons. The van der Waals surface area contributed by atoms with Crippen LogP contribution in [0.1, 0.15) is 0 Å². The summed E-state index contributed by atoms with van der Waals surface area (Å²) in [6, 6.07) is 30.5. The van der Waals surface area contributed by atoms with Crippen LogP contribution in [0.4, 0.5) is 0 Å². The van der Waals surface area contributed by atoms with E-state index >= 15 is 0 Å². The van der Waals surface area contributed by atoms with E-state index in [1.165, 1.54) is 43.1 Å². The van der Waals surface area contributed by atoms with Crippen LogP contribution in [0.25, 0.3) is 43.1 Å². The average Bonchev–Trinajstić information content (AvgIpc) is 3.27. The third-order valence-corrected chi connectivity index (χ3v) is 5.45. The molecule has 1 aromatic heterocycles. The third-order valence-electron chi connectivity index (χ3n) is 4.82. The molecule has 0 aliphatic rings. The van der Waals surface area contributed by atoms with Gasteiger partial charge in [0.2, 0.25) is 0 Å². The molecule has 0 aliphatic heterocycles. The molecule has 0 amide bonds. The summed E-state index contributed by atoms with van der Waals surface area (Å²) in [4.78, 5) is 0. The summed E-state index contributed by atoms with van der Waals surface area (Å²) < 4.78 is 0. The molecular weight excluding hydrogens is 320 g/mol. The van der Waals surface area contributed by atoms with Crippen molar-refractivity contribution >= 4 is 54.4 Å². The van der Waals surface area contributed by atoms with Crippen molar-refractivity contribution in [1.29, 1.82) is 0 Å². The minimum atomic E-state index is 1.33. The van der Waals surface area contributed by atoms with Crippen LogP contribution in [0.2, 0.25) is 0 Å². The van der Waals surface area contributed by atoms with Crippen LogP contribution in [0.5, 0.6) is 0 Å². The van der Waals surface area contributed by atoms with E-state index < -0.39 is 0 Å². The molecule has 1 heterocycles. The Hall–Kier alpha value is -2.90. The van der Waals surface area contributed by atoms with Crippen molar-refractivity contribution in [3.8, 4) is 0 Å². The predicted octanol–water partition coefficient (Wildman–Crippen LogP) is 7.49. The Balaban J connectivity index is 0.000000244. The molecular formula is C24H16S. The molecule has 0 fully saturated rings. The van der Waals surface area contributed by atoms with E-state index in [2.05, 4.69) is 72.8 Å². The lowest BCUT2D eigenvalue weighted by atomic mass is 9.89. The van der Waals surface area contributed by atoms with Gasteiger partial charge in [0.05, 0.1) is 0 Å². The summed E-state index contributed by atoms with van der Waals surface area (Å²) in [5.74, 6) is 0. The highest BCUT2D eigenvalue weighted by Gasteiger charge is 2.11. The summed E-state index contributed by atoms with van der Waals surface area (Å²) in [6.07, 6.45) is 0. The molecule has 0 spiro atoms.